The Morgan fingerprint density at radius 1 is 1.30 bits per heavy atom. The van der Waals surface area contributed by atoms with Crippen LogP contribution in [0.4, 0.5) is 0 Å². The molecule has 0 spiro atoms. The van der Waals surface area contributed by atoms with Crippen LogP contribution in [0.2, 0.25) is 0 Å². The maximum Gasteiger partial charge on any atom is 0.117 e. The average Bonchev–Trinajstić information content (AvgIpc) is 2.63. The van der Waals surface area contributed by atoms with Gasteiger partial charge in [0, 0.05) is 5.92 Å². The van der Waals surface area contributed by atoms with Crippen molar-refractivity contribution in [2.24, 2.45) is 11.8 Å². The van der Waals surface area contributed by atoms with Crippen molar-refractivity contribution in [1.82, 2.24) is 0 Å². The summed E-state index contributed by atoms with van der Waals surface area (Å²) in [5.74, 6) is 6.69. The fourth-order valence-electron chi connectivity index (χ4n) is 0.782. The Morgan fingerprint density at radius 2 is 1.90 bits per heavy atom. The molecule has 0 unspecified atom stereocenters. The van der Waals surface area contributed by atoms with E-state index in [2.05, 4.69) is 11.8 Å². The smallest absolute Gasteiger partial charge is 0.117 e. The van der Waals surface area contributed by atoms with Crippen LogP contribution >= 0.6 is 0 Å². The zero-order valence-corrected chi connectivity index (χ0v) is 6.59. The molecule has 0 radical (unpaired) electrons. The predicted molar refractivity (Wildman–Crippen MR) is 41.3 cm³/mol. The zero-order chi connectivity index (χ0) is 7.56. The highest BCUT2D eigenvalue weighted by molar-refractivity contribution is 5.10. The summed E-state index contributed by atoms with van der Waals surface area (Å²) in [6.07, 6.45) is 1.98. The Hall–Kier alpha value is -0.480. The molecule has 1 aliphatic carbocycles. The van der Waals surface area contributed by atoms with Crippen molar-refractivity contribution in [3.05, 3.63) is 0 Å². The highest BCUT2D eigenvalue weighted by Crippen LogP contribution is 2.32. The molecular weight excluding hydrogens is 124 g/mol. The normalized spacial score (nSPS) is 20.0. The first-order chi connectivity index (χ1) is 4.70. The van der Waals surface area contributed by atoms with Gasteiger partial charge in [0.2, 0.25) is 0 Å². The lowest BCUT2D eigenvalue weighted by Gasteiger charge is -1.97. The Labute approximate surface area is 62.4 Å². The van der Waals surface area contributed by atoms with Gasteiger partial charge >= 0.3 is 0 Å². The van der Waals surface area contributed by atoms with Crippen LogP contribution < -0.4 is 0 Å². The summed E-state index contributed by atoms with van der Waals surface area (Å²) in [6, 6.07) is 0. The molecule has 0 aromatic rings. The number of aliphatic hydroxyl groups excluding tert-OH is 1. The SMILES string of the molecule is CC(C)C#C[C@@H](O)C1CC1. The molecule has 0 aliphatic heterocycles. The van der Waals surface area contributed by atoms with E-state index in [1.165, 1.54) is 0 Å². The summed E-state index contributed by atoms with van der Waals surface area (Å²) >= 11 is 0. The molecule has 0 aromatic heterocycles. The first kappa shape index (κ1) is 7.63. The first-order valence-corrected chi connectivity index (χ1v) is 3.89. The molecule has 1 saturated carbocycles. The summed E-state index contributed by atoms with van der Waals surface area (Å²) in [4.78, 5) is 0. The molecule has 1 N–H and O–H groups in total. The van der Waals surface area contributed by atoms with E-state index < -0.39 is 0 Å². The van der Waals surface area contributed by atoms with E-state index in [1.54, 1.807) is 0 Å². The molecule has 1 rings (SSSR count). The van der Waals surface area contributed by atoms with Gasteiger partial charge in [-0.3, -0.25) is 0 Å². The Morgan fingerprint density at radius 3 is 2.30 bits per heavy atom. The first-order valence-electron chi connectivity index (χ1n) is 3.89. The van der Waals surface area contributed by atoms with Crippen LogP contribution in [0.1, 0.15) is 26.7 Å². The third-order valence-corrected chi connectivity index (χ3v) is 1.59. The van der Waals surface area contributed by atoms with E-state index in [-0.39, 0.29) is 6.10 Å². The highest BCUT2D eigenvalue weighted by Gasteiger charge is 2.28. The largest absolute Gasteiger partial charge is 0.380 e. The van der Waals surface area contributed by atoms with Crippen LogP contribution in [0, 0.1) is 23.7 Å². The predicted octanol–water partition coefficient (Wildman–Crippen LogP) is 1.42. The lowest BCUT2D eigenvalue weighted by Crippen LogP contribution is -2.05. The Balaban J connectivity index is 2.29. The number of rotatable bonds is 1. The highest BCUT2D eigenvalue weighted by atomic mass is 16.3. The molecule has 1 fully saturated rings. The van der Waals surface area contributed by atoms with Crippen LogP contribution in [0.3, 0.4) is 0 Å². The second-order valence-electron chi connectivity index (χ2n) is 3.23. The van der Waals surface area contributed by atoms with Gasteiger partial charge in [0.1, 0.15) is 6.10 Å². The van der Waals surface area contributed by atoms with Gasteiger partial charge in [-0.1, -0.05) is 25.7 Å². The van der Waals surface area contributed by atoms with Crippen molar-refractivity contribution >= 4 is 0 Å². The van der Waals surface area contributed by atoms with Crippen molar-refractivity contribution < 1.29 is 5.11 Å². The summed E-state index contributed by atoms with van der Waals surface area (Å²) in [6.45, 7) is 4.07. The Bertz CT molecular complexity index is 157. The minimum absolute atomic E-state index is 0.345. The van der Waals surface area contributed by atoms with Gasteiger partial charge in [0.05, 0.1) is 0 Å². The van der Waals surface area contributed by atoms with Gasteiger partial charge < -0.3 is 5.11 Å². The van der Waals surface area contributed by atoms with Crippen molar-refractivity contribution in [2.75, 3.05) is 0 Å². The van der Waals surface area contributed by atoms with Gasteiger partial charge in [0.15, 0.2) is 0 Å². The van der Waals surface area contributed by atoms with Gasteiger partial charge in [0.25, 0.3) is 0 Å². The molecule has 1 heteroatoms. The Kier molecular flexibility index (Phi) is 2.34. The summed E-state index contributed by atoms with van der Waals surface area (Å²) in [5.41, 5.74) is 0. The van der Waals surface area contributed by atoms with Crippen molar-refractivity contribution in [1.29, 1.82) is 0 Å². The van der Waals surface area contributed by atoms with Crippen molar-refractivity contribution in [3.8, 4) is 11.8 Å². The number of hydrogen-bond acceptors (Lipinski definition) is 1. The van der Waals surface area contributed by atoms with E-state index in [4.69, 9.17) is 0 Å². The van der Waals surface area contributed by atoms with E-state index in [9.17, 15) is 5.11 Å². The lowest BCUT2D eigenvalue weighted by atomic mass is 10.2. The van der Waals surface area contributed by atoms with Gasteiger partial charge in [-0.25, -0.2) is 0 Å². The molecule has 1 aliphatic rings. The summed E-state index contributed by atoms with van der Waals surface area (Å²) in [5, 5.41) is 9.26. The van der Waals surface area contributed by atoms with E-state index in [0.29, 0.717) is 11.8 Å². The minimum atomic E-state index is -0.345. The summed E-state index contributed by atoms with van der Waals surface area (Å²) in [7, 11) is 0. The molecular formula is C9H14O. The van der Waals surface area contributed by atoms with Crippen LogP contribution in [-0.2, 0) is 0 Å². The molecule has 10 heavy (non-hydrogen) atoms. The van der Waals surface area contributed by atoms with Crippen LogP contribution in [0.5, 0.6) is 0 Å². The fraction of sp³-hybridized carbons (Fsp3) is 0.778. The molecule has 1 nitrogen and oxygen atoms in total. The third-order valence-electron chi connectivity index (χ3n) is 1.59. The van der Waals surface area contributed by atoms with E-state index in [0.717, 1.165) is 12.8 Å². The molecule has 0 heterocycles. The molecule has 1 atom stereocenters. The lowest BCUT2D eigenvalue weighted by molar-refractivity contribution is 0.209. The van der Waals surface area contributed by atoms with Crippen LogP contribution in [0.15, 0.2) is 0 Å². The van der Waals surface area contributed by atoms with Crippen molar-refractivity contribution in [2.45, 2.75) is 32.8 Å². The average molecular weight is 138 g/mol. The summed E-state index contributed by atoms with van der Waals surface area (Å²) < 4.78 is 0. The van der Waals surface area contributed by atoms with Gasteiger partial charge in [-0.2, -0.15) is 0 Å². The maximum atomic E-state index is 9.26. The number of hydrogen-bond donors (Lipinski definition) is 1. The van der Waals surface area contributed by atoms with Crippen molar-refractivity contribution in [3.63, 3.8) is 0 Å². The second kappa shape index (κ2) is 3.07. The molecule has 0 aromatic carbocycles. The molecule has 0 amide bonds. The zero-order valence-electron chi connectivity index (χ0n) is 6.59. The maximum absolute atomic E-state index is 9.26. The third kappa shape index (κ3) is 2.41. The van der Waals surface area contributed by atoms with Crippen LogP contribution in [-0.4, -0.2) is 11.2 Å². The van der Waals surface area contributed by atoms with Gasteiger partial charge in [-0.15, -0.1) is 0 Å². The molecule has 0 saturated heterocycles. The minimum Gasteiger partial charge on any atom is -0.380 e. The van der Waals surface area contributed by atoms with E-state index in [1.807, 2.05) is 13.8 Å². The molecule has 0 bridgehead atoms. The second-order valence-corrected chi connectivity index (χ2v) is 3.23. The standard InChI is InChI=1S/C9H14O/c1-7(2)3-6-9(10)8-4-5-8/h7-10H,4-5H2,1-2H3/t9-/m1/s1. The van der Waals surface area contributed by atoms with Crippen LogP contribution in [0.25, 0.3) is 0 Å². The fourth-order valence-corrected chi connectivity index (χ4v) is 0.782. The molecule has 56 valence electrons. The number of aliphatic hydroxyl groups is 1. The quantitative estimate of drug-likeness (QED) is 0.543. The topological polar surface area (TPSA) is 20.2 Å². The monoisotopic (exact) mass is 138 g/mol. The van der Waals surface area contributed by atoms with E-state index >= 15 is 0 Å². The van der Waals surface area contributed by atoms with Gasteiger partial charge in [-0.05, 0) is 18.8 Å².